The van der Waals surface area contributed by atoms with E-state index >= 15 is 0 Å². The summed E-state index contributed by atoms with van der Waals surface area (Å²) in [5, 5.41) is 2.47. The smallest absolute Gasteiger partial charge is 0.254 e. The molecule has 1 atom stereocenters. The van der Waals surface area contributed by atoms with E-state index in [0.717, 1.165) is 5.56 Å². The summed E-state index contributed by atoms with van der Waals surface area (Å²) in [4.78, 5) is 22.5. The second-order valence-electron chi connectivity index (χ2n) is 3.69. The fourth-order valence-electron chi connectivity index (χ4n) is 1.21. The average Bonchev–Trinajstić information content (AvgIpc) is 2.21. The summed E-state index contributed by atoms with van der Waals surface area (Å²) >= 11 is 0. The average molecular weight is 221 g/mol. The largest absolute Gasteiger partial charge is 0.398 e. The third kappa shape index (κ3) is 2.73. The highest BCUT2D eigenvalue weighted by Crippen LogP contribution is 2.13. The maximum Gasteiger partial charge on any atom is 0.254 e. The Morgan fingerprint density at radius 1 is 1.38 bits per heavy atom. The van der Waals surface area contributed by atoms with Crippen molar-refractivity contribution in [2.75, 3.05) is 5.73 Å². The van der Waals surface area contributed by atoms with Crippen LogP contribution in [0.4, 0.5) is 5.69 Å². The fourth-order valence-corrected chi connectivity index (χ4v) is 1.21. The van der Waals surface area contributed by atoms with Crippen molar-refractivity contribution in [1.82, 2.24) is 5.32 Å². The van der Waals surface area contributed by atoms with Crippen molar-refractivity contribution in [2.45, 2.75) is 19.9 Å². The number of nitrogen functional groups attached to an aromatic ring is 1. The molecule has 0 bridgehead atoms. The molecule has 0 spiro atoms. The molecule has 0 aliphatic heterocycles. The molecule has 1 aromatic rings. The predicted octanol–water partition coefficient (Wildman–Crippen LogP) is 0.181. The summed E-state index contributed by atoms with van der Waals surface area (Å²) in [7, 11) is 0. The molecule has 0 heterocycles. The van der Waals surface area contributed by atoms with E-state index in [1.165, 1.54) is 6.92 Å². The van der Waals surface area contributed by atoms with E-state index in [0.29, 0.717) is 11.3 Å². The van der Waals surface area contributed by atoms with Crippen molar-refractivity contribution in [1.29, 1.82) is 0 Å². The van der Waals surface area contributed by atoms with Gasteiger partial charge in [-0.25, -0.2) is 0 Å². The molecule has 5 nitrogen and oxygen atoms in total. The van der Waals surface area contributed by atoms with Crippen molar-refractivity contribution in [2.24, 2.45) is 5.73 Å². The number of aryl methyl sites for hydroxylation is 1. The lowest BCUT2D eigenvalue weighted by molar-refractivity contribution is -0.119. The van der Waals surface area contributed by atoms with Gasteiger partial charge in [-0.3, -0.25) is 9.59 Å². The van der Waals surface area contributed by atoms with Gasteiger partial charge in [0.15, 0.2) is 0 Å². The van der Waals surface area contributed by atoms with Crippen molar-refractivity contribution in [3.63, 3.8) is 0 Å². The number of carbonyl (C=O) groups excluding carboxylic acids is 2. The molecule has 1 unspecified atom stereocenters. The second kappa shape index (κ2) is 4.65. The lowest BCUT2D eigenvalue weighted by Gasteiger charge is -2.11. The van der Waals surface area contributed by atoms with Gasteiger partial charge in [0.25, 0.3) is 5.91 Å². The molecule has 1 aromatic carbocycles. The molecule has 0 aliphatic carbocycles. The minimum Gasteiger partial charge on any atom is -0.398 e. The van der Waals surface area contributed by atoms with Crippen LogP contribution in [0.25, 0.3) is 0 Å². The van der Waals surface area contributed by atoms with Crippen molar-refractivity contribution in [3.8, 4) is 0 Å². The fraction of sp³-hybridized carbons (Fsp3) is 0.273. The Balaban J connectivity index is 2.88. The topological polar surface area (TPSA) is 98.2 Å². The van der Waals surface area contributed by atoms with Gasteiger partial charge in [0.1, 0.15) is 6.04 Å². The van der Waals surface area contributed by atoms with Crippen LogP contribution in [0.2, 0.25) is 0 Å². The molecule has 86 valence electrons. The monoisotopic (exact) mass is 221 g/mol. The molecule has 5 N–H and O–H groups in total. The lowest BCUT2D eigenvalue weighted by Crippen LogP contribution is -2.42. The molecule has 0 fully saturated rings. The minimum atomic E-state index is -0.715. The first-order chi connectivity index (χ1) is 7.41. The highest BCUT2D eigenvalue weighted by molar-refractivity contribution is 6.01. The summed E-state index contributed by atoms with van der Waals surface area (Å²) < 4.78 is 0. The van der Waals surface area contributed by atoms with Gasteiger partial charge in [-0.15, -0.1) is 0 Å². The van der Waals surface area contributed by atoms with Gasteiger partial charge >= 0.3 is 0 Å². The number of nitrogens with two attached hydrogens (primary N) is 2. The first kappa shape index (κ1) is 12.0. The van der Waals surface area contributed by atoms with Crippen LogP contribution < -0.4 is 16.8 Å². The number of benzene rings is 1. The lowest BCUT2D eigenvalue weighted by atomic mass is 10.1. The van der Waals surface area contributed by atoms with Gasteiger partial charge in [-0.1, -0.05) is 11.6 Å². The number of hydrogen-bond donors (Lipinski definition) is 3. The van der Waals surface area contributed by atoms with Gasteiger partial charge in [-0.05, 0) is 26.0 Å². The number of carbonyl (C=O) groups is 2. The van der Waals surface area contributed by atoms with Crippen LogP contribution in [0.15, 0.2) is 18.2 Å². The van der Waals surface area contributed by atoms with E-state index < -0.39 is 17.9 Å². The predicted molar refractivity (Wildman–Crippen MR) is 61.7 cm³/mol. The van der Waals surface area contributed by atoms with E-state index in [1.54, 1.807) is 12.1 Å². The number of hydrogen-bond acceptors (Lipinski definition) is 3. The van der Waals surface area contributed by atoms with Gasteiger partial charge in [0.05, 0.1) is 5.56 Å². The Bertz CT molecular complexity index is 429. The Labute approximate surface area is 93.8 Å². The summed E-state index contributed by atoms with van der Waals surface area (Å²) in [5.74, 6) is -0.980. The highest BCUT2D eigenvalue weighted by Gasteiger charge is 2.15. The Hall–Kier alpha value is -2.04. The van der Waals surface area contributed by atoms with Crippen LogP contribution in [-0.4, -0.2) is 17.9 Å². The van der Waals surface area contributed by atoms with Gasteiger partial charge in [-0.2, -0.15) is 0 Å². The molecule has 5 heteroatoms. The molecule has 0 saturated heterocycles. The first-order valence-electron chi connectivity index (χ1n) is 4.88. The molecule has 0 aromatic heterocycles. The molecular formula is C11H15N3O2. The number of anilines is 1. The van der Waals surface area contributed by atoms with Crippen molar-refractivity contribution < 1.29 is 9.59 Å². The van der Waals surface area contributed by atoms with Crippen LogP contribution in [0.3, 0.4) is 0 Å². The summed E-state index contributed by atoms with van der Waals surface area (Å²) in [6, 6.07) is 4.41. The number of primary amides is 1. The highest BCUT2D eigenvalue weighted by atomic mass is 16.2. The van der Waals surface area contributed by atoms with Gasteiger partial charge < -0.3 is 16.8 Å². The van der Waals surface area contributed by atoms with E-state index in [4.69, 9.17) is 11.5 Å². The Morgan fingerprint density at radius 2 is 2.00 bits per heavy atom. The Morgan fingerprint density at radius 3 is 2.56 bits per heavy atom. The molecule has 0 aliphatic rings. The molecule has 0 saturated carbocycles. The summed E-state index contributed by atoms with van der Waals surface area (Å²) in [6.45, 7) is 3.37. The number of nitrogens with one attached hydrogen (secondary N) is 1. The first-order valence-corrected chi connectivity index (χ1v) is 4.88. The maximum atomic E-state index is 11.7. The number of rotatable bonds is 3. The van der Waals surface area contributed by atoms with Gasteiger partial charge in [0.2, 0.25) is 5.91 Å². The maximum absolute atomic E-state index is 11.7. The second-order valence-corrected chi connectivity index (χ2v) is 3.69. The third-order valence-corrected chi connectivity index (χ3v) is 2.23. The third-order valence-electron chi connectivity index (χ3n) is 2.23. The SMILES string of the molecule is Cc1ccc(N)c(C(=O)NC(C)C(N)=O)c1. The summed E-state index contributed by atoms with van der Waals surface area (Å²) in [6.07, 6.45) is 0. The molecular weight excluding hydrogens is 206 g/mol. The minimum absolute atomic E-state index is 0.355. The molecule has 2 amide bonds. The van der Waals surface area contributed by atoms with Crippen molar-refractivity contribution >= 4 is 17.5 Å². The zero-order valence-electron chi connectivity index (χ0n) is 9.28. The quantitative estimate of drug-likeness (QED) is 0.635. The van der Waals surface area contributed by atoms with E-state index in [-0.39, 0.29) is 0 Å². The Kier molecular flexibility index (Phi) is 3.50. The van der Waals surface area contributed by atoms with Crippen molar-refractivity contribution in [3.05, 3.63) is 29.3 Å². The molecule has 0 radical (unpaired) electrons. The number of amides is 2. The van der Waals surface area contributed by atoms with Crippen LogP contribution in [0.5, 0.6) is 0 Å². The van der Waals surface area contributed by atoms with Crippen LogP contribution >= 0.6 is 0 Å². The standard InChI is InChI=1S/C11H15N3O2/c1-6-3-4-9(12)8(5-6)11(16)14-7(2)10(13)15/h3-5,7H,12H2,1-2H3,(H2,13,15)(H,14,16). The van der Waals surface area contributed by atoms with Crippen LogP contribution in [0, 0.1) is 6.92 Å². The zero-order valence-corrected chi connectivity index (χ0v) is 9.28. The van der Waals surface area contributed by atoms with E-state index in [1.807, 2.05) is 13.0 Å². The van der Waals surface area contributed by atoms with E-state index in [2.05, 4.69) is 5.32 Å². The molecule has 16 heavy (non-hydrogen) atoms. The molecule has 1 rings (SSSR count). The zero-order chi connectivity index (χ0) is 12.3. The van der Waals surface area contributed by atoms with Crippen LogP contribution in [-0.2, 0) is 4.79 Å². The normalized spacial score (nSPS) is 11.9. The van der Waals surface area contributed by atoms with Gasteiger partial charge in [0, 0.05) is 5.69 Å². The van der Waals surface area contributed by atoms with Crippen LogP contribution in [0.1, 0.15) is 22.8 Å². The van der Waals surface area contributed by atoms with E-state index in [9.17, 15) is 9.59 Å². The summed E-state index contributed by atoms with van der Waals surface area (Å²) in [5.41, 5.74) is 12.4.